The molecule has 0 amide bonds. The normalized spacial score (nSPS) is 15.8. The second kappa shape index (κ2) is 5.15. The molecule has 0 bridgehead atoms. The molecule has 3 nitrogen and oxygen atoms in total. The fourth-order valence-electron chi connectivity index (χ4n) is 2.16. The third-order valence-corrected chi connectivity index (χ3v) is 3.11. The first-order valence-electron chi connectivity index (χ1n) is 5.91. The second-order valence-corrected chi connectivity index (χ2v) is 4.67. The molecule has 4 heteroatoms. The molecule has 1 aliphatic heterocycles. The molecule has 1 aromatic carbocycles. The van der Waals surface area contributed by atoms with Crippen molar-refractivity contribution in [1.29, 1.82) is 0 Å². The van der Waals surface area contributed by atoms with E-state index < -0.39 is 0 Å². The molecule has 1 aliphatic rings. The van der Waals surface area contributed by atoms with E-state index in [1.807, 2.05) is 6.07 Å². The van der Waals surface area contributed by atoms with Crippen molar-refractivity contribution in [3.05, 3.63) is 22.2 Å². The molecule has 0 saturated carbocycles. The quantitative estimate of drug-likeness (QED) is 0.904. The molecule has 1 heterocycles. The van der Waals surface area contributed by atoms with Crippen LogP contribution in [0.15, 0.2) is 6.07 Å². The zero-order valence-corrected chi connectivity index (χ0v) is 10.9. The van der Waals surface area contributed by atoms with Crippen LogP contribution in [0.5, 0.6) is 11.5 Å². The maximum absolute atomic E-state index is 9.51. The zero-order chi connectivity index (χ0) is 12.4. The molecule has 94 valence electrons. The summed E-state index contributed by atoms with van der Waals surface area (Å²) in [6.45, 7) is 4.91. The average Bonchev–Trinajstić information content (AvgIpc) is 2.29. The Hall–Kier alpha value is -0.930. The van der Waals surface area contributed by atoms with Crippen molar-refractivity contribution in [3.63, 3.8) is 0 Å². The number of hydrogen-bond acceptors (Lipinski definition) is 3. The summed E-state index contributed by atoms with van der Waals surface area (Å²) in [5.74, 6) is 1.39. The Labute approximate surface area is 106 Å². The van der Waals surface area contributed by atoms with Gasteiger partial charge in [0.25, 0.3) is 0 Å². The first-order valence-corrected chi connectivity index (χ1v) is 6.29. The number of hydrogen-bond donors (Lipinski definition) is 1. The predicted octanol–water partition coefficient (Wildman–Crippen LogP) is 2.60. The Balaban J connectivity index is 2.49. The van der Waals surface area contributed by atoms with Gasteiger partial charge in [0.05, 0.1) is 11.1 Å². The number of rotatable bonds is 3. The number of benzene rings is 1. The molecular weight excluding hydrogens is 240 g/mol. The minimum atomic E-state index is -0.390. The standard InChI is InChI=1S/C13H17ClO3/c1-3-10-9(6-8(2)15)7-11(14)13-12(10)16-4-5-17-13/h7-8,15H,3-6H2,1-2H3. The van der Waals surface area contributed by atoms with E-state index in [0.717, 1.165) is 23.3 Å². The lowest BCUT2D eigenvalue weighted by atomic mass is 9.98. The molecule has 0 aliphatic carbocycles. The Morgan fingerprint density at radius 2 is 2.00 bits per heavy atom. The summed E-state index contributed by atoms with van der Waals surface area (Å²) in [5, 5.41) is 10.1. The van der Waals surface area contributed by atoms with Gasteiger partial charge in [-0.3, -0.25) is 0 Å². The van der Waals surface area contributed by atoms with Crippen molar-refractivity contribution in [1.82, 2.24) is 0 Å². The monoisotopic (exact) mass is 256 g/mol. The van der Waals surface area contributed by atoms with Crippen LogP contribution in [0.2, 0.25) is 5.02 Å². The van der Waals surface area contributed by atoms with Gasteiger partial charge in [-0.05, 0) is 31.4 Å². The highest BCUT2D eigenvalue weighted by Gasteiger charge is 2.22. The Morgan fingerprint density at radius 3 is 2.59 bits per heavy atom. The molecule has 1 aromatic rings. The van der Waals surface area contributed by atoms with Gasteiger partial charge < -0.3 is 14.6 Å². The molecule has 0 aromatic heterocycles. The molecule has 0 saturated heterocycles. The predicted molar refractivity (Wildman–Crippen MR) is 67.2 cm³/mol. The number of ether oxygens (including phenoxy) is 2. The summed E-state index contributed by atoms with van der Waals surface area (Å²) in [5.41, 5.74) is 2.13. The van der Waals surface area contributed by atoms with Crippen molar-refractivity contribution < 1.29 is 14.6 Å². The first-order chi connectivity index (χ1) is 8.13. The number of fused-ring (bicyclic) bond motifs is 1. The first kappa shape index (κ1) is 12.5. The van der Waals surface area contributed by atoms with Crippen LogP contribution < -0.4 is 9.47 Å². The van der Waals surface area contributed by atoms with Crippen molar-refractivity contribution >= 4 is 11.6 Å². The smallest absolute Gasteiger partial charge is 0.180 e. The van der Waals surface area contributed by atoms with Gasteiger partial charge >= 0.3 is 0 Å². The van der Waals surface area contributed by atoms with Gasteiger partial charge in [0, 0.05) is 5.56 Å². The molecule has 1 N–H and O–H groups in total. The van der Waals surface area contributed by atoms with Crippen molar-refractivity contribution in [2.24, 2.45) is 0 Å². The summed E-state index contributed by atoms with van der Waals surface area (Å²) in [6.07, 6.45) is 1.03. The number of halogens is 1. The highest BCUT2D eigenvalue weighted by Crippen LogP contribution is 2.42. The molecule has 0 radical (unpaired) electrons. The van der Waals surface area contributed by atoms with E-state index in [1.54, 1.807) is 6.92 Å². The van der Waals surface area contributed by atoms with Crippen LogP contribution >= 0.6 is 11.6 Å². The SMILES string of the molecule is CCc1c(CC(C)O)cc(Cl)c2c1OCCO2. The Morgan fingerprint density at radius 1 is 1.35 bits per heavy atom. The molecule has 0 fully saturated rings. The summed E-state index contributed by atoms with van der Waals surface area (Å²) in [7, 11) is 0. The Kier molecular flexibility index (Phi) is 3.79. The van der Waals surface area contributed by atoms with Crippen LogP contribution in [0.25, 0.3) is 0 Å². The zero-order valence-electron chi connectivity index (χ0n) is 10.1. The summed E-state index contributed by atoms with van der Waals surface area (Å²) < 4.78 is 11.2. The van der Waals surface area contributed by atoms with E-state index in [-0.39, 0.29) is 6.10 Å². The highest BCUT2D eigenvalue weighted by atomic mass is 35.5. The summed E-state index contributed by atoms with van der Waals surface area (Å²) in [4.78, 5) is 0. The fourth-order valence-corrected chi connectivity index (χ4v) is 2.43. The van der Waals surface area contributed by atoms with Crippen LogP contribution in [0.4, 0.5) is 0 Å². The molecule has 2 rings (SSSR count). The van der Waals surface area contributed by atoms with Crippen LogP contribution in [0, 0.1) is 0 Å². The van der Waals surface area contributed by atoms with Gasteiger partial charge in [0.1, 0.15) is 13.2 Å². The topological polar surface area (TPSA) is 38.7 Å². The molecule has 17 heavy (non-hydrogen) atoms. The minimum absolute atomic E-state index is 0.390. The van der Waals surface area contributed by atoms with E-state index in [4.69, 9.17) is 21.1 Å². The molecule has 1 unspecified atom stereocenters. The van der Waals surface area contributed by atoms with Crippen molar-refractivity contribution in [2.75, 3.05) is 13.2 Å². The summed E-state index contributed by atoms with van der Waals surface area (Å²) in [6, 6.07) is 1.88. The van der Waals surface area contributed by atoms with Crippen molar-refractivity contribution in [2.45, 2.75) is 32.8 Å². The van der Waals surface area contributed by atoms with Crippen LogP contribution in [-0.2, 0) is 12.8 Å². The van der Waals surface area contributed by atoms with Crippen molar-refractivity contribution in [3.8, 4) is 11.5 Å². The number of aliphatic hydroxyl groups excluding tert-OH is 1. The van der Waals surface area contributed by atoms with E-state index in [9.17, 15) is 5.11 Å². The number of aliphatic hydroxyl groups is 1. The maximum Gasteiger partial charge on any atom is 0.180 e. The van der Waals surface area contributed by atoms with Gasteiger partial charge in [-0.1, -0.05) is 18.5 Å². The van der Waals surface area contributed by atoms with Gasteiger partial charge in [0.15, 0.2) is 11.5 Å². The molecule has 1 atom stereocenters. The van der Waals surface area contributed by atoms with E-state index in [2.05, 4.69) is 6.92 Å². The fraction of sp³-hybridized carbons (Fsp3) is 0.538. The largest absolute Gasteiger partial charge is 0.486 e. The van der Waals surface area contributed by atoms with E-state index in [1.165, 1.54) is 0 Å². The molecule has 0 spiro atoms. The highest BCUT2D eigenvalue weighted by molar-refractivity contribution is 6.32. The third-order valence-electron chi connectivity index (χ3n) is 2.83. The third kappa shape index (κ3) is 2.50. The van der Waals surface area contributed by atoms with E-state index >= 15 is 0 Å². The lowest BCUT2D eigenvalue weighted by Gasteiger charge is -2.24. The second-order valence-electron chi connectivity index (χ2n) is 4.26. The van der Waals surface area contributed by atoms with Gasteiger partial charge in [-0.25, -0.2) is 0 Å². The van der Waals surface area contributed by atoms with Crippen LogP contribution in [0.1, 0.15) is 25.0 Å². The average molecular weight is 257 g/mol. The maximum atomic E-state index is 9.51. The van der Waals surface area contributed by atoms with Crippen LogP contribution in [0.3, 0.4) is 0 Å². The van der Waals surface area contributed by atoms with Gasteiger partial charge in [0.2, 0.25) is 0 Å². The van der Waals surface area contributed by atoms with Gasteiger partial charge in [-0.15, -0.1) is 0 Å². The lowest BCUT2D eigenvalue weighted by Crippen LogP contribution is -2.18. The van der Waals surface area contributed by atoms with E-state index in [0.29, 0.717) is 30.4 Å². The minimum Gasteiger partial charge on any atom is -0.486 e. The Bertz CT molecular complexity index is 416. The lowest BCUT2D eigenvalue weighted by molar-refractivity contribution is 0.169. The van der Waals surface area contributed by atoms with Crippen LogP contribution in [-0.4, -0.2) is 24.4 Å². The van der Waals surface area contributed by atoms with Gasteiger partial charge in [-0.2, -0.15) is 0 Å². The molecular formula is C13H17ClO3. The summed E-state index contributed by atoms with van der Waals surface area (Å²) >= 11 is 6.17.